The van der Waals surface area contributed by atoms with Gasteiger partial charge in [-0.1, -0.05) is 11.6 Å². The van der Waals surface area contributed by atoms with Crippen molar-refractivity contribution in [2.75, 3.05) is 18.5 Å². The lowest BCUT2D eigenvalue weighted by atomic mass is 10.0. The Bertz CT molecular complexity index is 1260. The number of carbonyl (C=O) groups is 2. The summed E-state index contributed by atoms with van der Waals surface area (Å²) in [5.74, 6) is -0.132. The largest absolute Gasteiger partial charge is 0.494 e. The number of nitrogens with zero attached hydrogens (tertiary/aromatic N) is 1. The molecule has 0 aliphatic rings. The first-order valence-corrected chi connectivity index (χ1v) is 12.6. The van der Waals surface area contributed by atoms with E-state index in [4.69, 9.17) is 21.1 Å². The first-order valence-electron chi connectivity index (χ1n) is 11.4. The lowest BCUT2D eigenvalue weighted by Crippen LogP contribution is -2.15. The molecule has 190 valence electrons. The van der Waals surface area contributed by atoms with E-state index in [9.17, 15) is 19.7 Å². The van der Waals surface area contributed by atoms with Gasteiger partial charge in [-0.2, -0.15) is 0 Å². The van der Waals surface area contributed by atoms with E-state index in [-0.39, 0.29) is 30.2 Å². The molecule has 0 radical (unpaired) electrons. The van der Waals surface area contributed by atoms with Crippen LogP contribution in [0, 0.1) is 30.9 Å². The van der Waals surface area contributed by atoms with Crippen molar-refractivity contribution in [3.8, 4) is 16.9 Å². The average Bonchev–Trinajstić information content (AvgIpc) is 3.15. The predicted molar refractivity (Wildman–Crippen MR) is 141 cm³/mol. The smallest absolute Gasteiger partial charge is 0.341 e. The van der Waals surface area contributed by atoms with Crippen LogP contribution in [0.25, 0.3) is 11.1 Å². The van der Waals surface area contributed by atoms with Gasteiger partial charge in [0, 0.05) is 34.0 Å². The third kappa shape index (κ3) is 6.41. The van der Waals surface area contributed by atoms with E-state index in [2.05, 4.69) is 5.32 Å². The second-order valence-electron chi connectivity index (χ2n) is 8.13. The highest BCUT2D eigenvalue weighted by atomic mass is 35.5. The van der Waals surface area contributed by atoms with E-state index in [1.54, 1.807) is 19.1 Å². The number of amides is 1. The molecule has 0 aliphatic carbocycles. The minimum absolute atomic E-state index is 0.0519. The number of hydrogen-bond acceptors (Lipinski definition) is 7. The highest BCUT2D eigenvalue weighted by Gasteiger charge is 2.25. The van der Waals surface area contributed by atoms with Crippen LogP contribution in [0.1, 0.15) is 46.1 Å². The van der Waals surface area contributed by atoms with E-state index < -0.39 is 10.9 Å². The third-order valence-electron chi connectivity index (χ3n) is 5.41. The Labute approximate surface area is 218 Å². The SMILES string of the molecule is CCOC(=O)c1c(NC(=O)CCCOc2cc(C)c(Cl)c(C)c2)sc(C)c1-c1ccc([N+](=O)[O-])cc1. The first kappa shape index (κ1) is 27.2. The number of esters is 1. The van der Waals surface area contributed by atoms with E-state index in [0.717, 1.165) is 16.0 Å². The number of ether oxygens (including phenoxy) is 2. The molecule has 1 amide bonds. The van der Waals surface area contributed by atoms with Crippen molar-refractivity contribution < 1.29 is 24.0 Å². The minimum Gasteiger partial charge on any atom is -0.494 e. The summed E-state index contributed by atoms with van der Waals surface area (Å²) in [7, 11) is 0. The number of anilines is 1. The molecule has 1 aromatic heterocycles. The topological polar surface area (TPSA) is 108 Å². The number of benzene rings is 2. The van der Waals surface area contributed by atoms with Gasteiger partial charge in [-0.25, -0.2) is 4.79 Å². The fourth-order valence-electron chi connectivity index (χ4n) is 3.73. The Morgan fingerprint density at radius 3 is 2.33 bits per heavy atom. The van der Waals surface area contributed by atoms with Gasteiger partial charge in [0.2, 0.25) is 5.91 Å². The maximum Gasteiger partial charge on any atom is 0.341 e. The van der Waals surface area contributed by atoms with Gasteiger partial charge in [0.15, 0.2) is 0 Å². The molecule has 0 saturated heterocycles. The molecule has 0 atom stereocenters. The van der Waals surface area contributed by atoms with Gasteiger partial charge in [0.1, 0.15) is 16.3 Å². The second kappa shape index (κ2) is 12.0. The zero-order valence-electron chi connectivity index (χ0n) is 20.5. The lowest BCUT2D eigenvalue weighted by molar-refractivity contribution is -0.384. The molecule has 2 aromatic carbocycles. The molecule has 3 rings (SSSR count). The molecule has 10 heteroatoms. The number of thiophene rings is 1. The summed E-state index contributed by atoms with van der Waals surface area (Å²) in [6.07, 6.45) is 0.665. The number of halogens is 1. The monoisotopic (exact) mass is 530 g/mol. The van der Waals surface area contributed by atoms with Crippen LogP contribution in [-0.4, -0.2) is 30.0 Å². The second-order valence-corrected chi connectivity index (χ2v) is 9.74. The van der Waals surface area contributed by atoms with Crippen LogP contribution >= 0.6 is 22.9 Å². The van der Waals surface area contributed by atoms with Crippen LogP contribution < -0.4 is 10.1 Å². The van der Waals surface area contributed by atoms with Crippen LogP contribution in [0.4, 0.5) is 10.7 Å². The molecule has 1 heterocycles. The summed E-state index contributed by atoms with van der Waals surface area (Å²) in [4.78, 5) is 36.8. The summed E-state index contributed by atoms with van der Waals surface area (Å²) in [5.41, 5.74) is 3.25. The van der Waals surface area contributed by atoms with Gasteiger partial charge >= 0.3 is 5.97 Å². The fourth-order valence-corrected chi connectivity index (χ4v) is 4.92. The van der Waals surface area contributed by atoms with Crippen molar-refractivity contribution in [2.24, 2.45) is 0 Å². The Morgan fingerprint density at radius 1 is 1.11 bits per heavy atom. The number of non-ortho nitro benzene ring substituents is 1. The highest BCUT2D eigenvalue weighted by molar-refractivity contribution is 7.17. The van der Waals surface area contributed by atoms with Gasteiger partial charge in [0.05, 0.1) is 18.1 Å². The summed E-state index contributed by atoms with van der Waals surface area (Å²) in [6, 6.07) is 9.63. The molecule has 0 fully saturated rings. The van der Waals surface area contributed by atoms with E-state index >= 15 is 0 Å². The zero-order valence-corrected chi connectivity index (χ0v) is 22.0. The maximum absolute atomic E-state index is 12.8. The lowest BCUT2D eigenvalue weighted by Gasteiger charge is -2.11. The van der Waals surface area contributed by atoms with Crippen molar-refractivity contribution in [3.63, 3.8) is 0 Å². The molecule has 0 aliphatic heterocycles. The minimum atomic E-state index is -0.567. The molecule has 0 saturated carbocycles. The Balaban J connectivity index is 1.72. The molecule has 3 aromatic rings. The molecule has 0 unspecified atom stereocenters. The van der Waals surface area contributed by atoms with Crippen LogP contribution in [0.15, 0.2) is 36.4 Å². The normalized spacial score (nSPS) is 10.7. The van der Waals surface area contributed by atoms with Crippen molar-refractivity contribution in [1.29, 1.82) is 0 Å². The van der Waals surface area contributed by atoms with Crippen molar-refractivity contribution in [1.82, 2.24) is 0 Å². The van der Waals surface area contributed by atoms with Crippen LogP contribution in [0.2, 0.25) is 5.02 Å². The van der Waals surface area contributed by atoms with Gasteiger partial charge in [0.25, 0.3) is 5.69 Å². The molecule has 1 N–H and O–H groups in total. The van der Waals surface area contributed by atoms with Crippen molar-refractivity contribution >= 4 is 45.5 Å². The van der Waals surface area contributed by atoms with Crippen LogP contribution in [-0.2, 0) is 9.53 Å². The van der Waals surface area contributed by atoms with Gasteiger partial charge in [-0.05, 0) is 75.1 Å². The summed E-state index contributed by atoms with van der Waals surface area (Å²) < 4.78 is 11.0. The summed E-state index contributed by atoms with van der Waals surface area (Å²) >= 11 is 7.45. The Kier molecular flexibility index (Phi) is 9.06. The number of rotatable bonds is 10. The maximum atomic E-state index is 12.8. The van der Waals surface area contributed by atoms with Crippen LogP contribution in [0.5, 0.6) is 5.75 Å². The van der Waals surface area contributed by atoms with Gasteiger partial charge < -0.3 is 14.8 Å². The molecule has 0 spiro atoms. The predicted octanol–water partition coefficient (Wildman–Crippen LogP) is 6.88. The number of aryl methyl sites for hydroxylation is 3. The van der Waals surface area contributed by atoms with Gasteiger partial charge in [-0.3, -0.25) is 14.9 Å². The summed E-state index contributed by atoms with van der Waals surface area (Å²) in [5, 5.41) is 14.9. The van der Waals surface area contributed by atoms with E-state index in [1.165, 1.54) is 23.5 Å². The molecule has 0 bridgehead atoms. The van der Waals surface area contributed by atoms with E-state index in [0.29, 0.717) is 39.9 Å². The zero-order chi connectivity index (χ0) is 26.4. The third-order valence-corrected chi connectivity index (χ3v) is 7.03. The Hall–Kier alpha value is -3.43. The highest BCUT2D eigenvalue weighted by Crippen LogP contribution is 2.41. The van der Waals surface area contributed by atoms with Crippen LogP contribution in [0.3, 0.4) is 0 Å². The summed E-state index contributed by atoms with van der Waals surface area (Å²) in [6.45, 7) is 7.85. The standard InChI is InChI=1S/C26H27ClN2O6S/c1-5-34-26(31)23-22(18-8-10-19(11-9-18)29(32)33)17(4)36-25(23)28-21(30)7-6-12-35-20-13-15(2)24(27)16(3)14-20/h8-11,13-14H,5-7,12H2,1-4H3,(H,28,30). The molecular formula is C26H27ClN2O6S. The number of carbonyl (C=O) groups excluding carboxylic acids is 2. The fraction of sp³-hybridized carbons (Fsp3) is 0.308. The van der Waals surface area contributed by atoms with Crippen molar-refractivity contribution in [3.05, 3.63) is 73.1 Å². The molecule has 8 nitrogen and oxygen atoms in total. The van der Waals surface area contributed by atoms with E-state index in [1.807, 2.05) is 32.9 Å². The average molecular weight is 531 g/mol. The molecule has 36 heavy (non-hydrogen) atoms. The number of hydrogen-bond donors (Lipinski definition) is 1. The van der Waals surface area contributed by atoms with Crippen molar-refractivity contribution in [2.45, 2.75) is 40.5 Å². The number of nitro benzene ring substituents is 1. The Morgan fingerprint density at radius 2 is 1.75 bits per heavy atom. The quantitative estimate of drug-likeness (QED) is 0.132. The molecular weight excluding hydrogens is 504 g/mol. The number of nitrogens with one attached hydrogen (secondary N) is 1. The number of nitro groups is 1. The van der Waals surface area contributed by atoms with Gasteiger partial charge in [-0.15, -0.1) is 11.3 Å². The first-order chi connectivity index (χ1) is 17.1.